The highest BCUT2D eigenvalue weighted by atomic mass is 16.5. The summed E-state index contributed by atoms with van der Waals surface area (Å²) in [6.45, 7) is 6.34. The molecule has 0 saturated carbocycles. The van der Waals surface area contributed by atoms with Crippen molar-refractivity contribution in [3.8, 4) is 5.75 Å². The van der Waals surface area contributed by atoms with Crippen LogP contribution >= 0.6 is 0 Å². The quantitative estimate of drug-likeness (QED) is 0.689. The highest BCUT2D eigenvalue weighted by molar-refractivity contribution is 6.01. The Morgan fingerprint density at radius 2 is 1.57 bits per heavy atom. The Morgan fingerprint density at radius 3 is 2.25 bits per heavy atom. The number of methoxy groups -OCH3 is 1. The third-order valence-corrected chi connectivity index (χ3v) is 5.61. The molecule has 0 atom stereocenters. The lowest BCUT2D eigenvalue weighted by atomic mass is 10.0. The average Bonchev–Trinajstić information content (AvgIpc) is 2.74. The summed E-state index contributed by atoms with van der Waals surface area (Å²) in [4.78, 5) is 17.5. The van der Waals surface area contributed by atoms with E-state index in [0.29, 0.717) is 11.3 Å². The van der Waals surface area contributed by atoms with E-state index in [0.717, 1.165) is 43.5 Å². The number of carbonyl (C=O) groups excluding carboxylic acids is 1. The minimum absolute atomic E-state index is 0.0538. The summed E-state index contributed by atoms with van der Waals surface area (Å²) >= 11 is 0. The lowest BCUT2D eigenvalue weighted by Crippen LogP contribution is -2.48. The fourth-order valence-electron chi connectivity index (χ4n) is 3.86. The number of ether oxygens (including phenoxy) is 1. The van der Waals surface area contributed by atoms with E-state index in [1.165, 1.54) is 11.1 Å². The van der Waals surface area contributed by atoms with Crippen molar-refractivity contribution >= 4 is 16.7 Å². The molecule has 0 bridgehead atoms. The smallest absolute Gasteiger partial charge is 0.257 e. The minimum Gasteiger partial charge on any atom is -0.496 e. The molecule has 1 aliphatic heterocycles. The molecule has 0 unspecified atom stereocenters. The molecule has 1 aliphatic rings. The second-order valence-electron chi connectivity index (χ2n) is 7.39. The predicted molar refractivity (Wildman–Crippen MR) is 113 cm³/mol. The number of hydrogen-bond donors (Lipinski definition) is 0. The topological polar surface area (TPSA) is 32.8 Å². The van der Waals surface area contributed by atoms with E-state index in [1.807, 2.05) is 41.3 Å². The van der Waals surface area contributed by atoms with Crippen LogP contribution in [0.25, 0.3) is 10.8 Å². The Labute approximate surface area is 166 Å². The van der Waals surface area contributed by atoms with E-state index in [9.17, 15) is 4.79 Å². The van der Waals surface area contributed by atoms with Crippen LogP contribution in [0.4, 0.5) is 0 Å². The van der Waals surface area contributed by atoms with Crippen LogP contribution in [0.1, 0.15) is 21.5 Å². The predicted octanol–water partition coefficient (Wildman–Crippen LogP) is 4.11. The molecule has 0 aliphatic carbocycles. The van der Waals surface area contributed by atoms with Crippen LogP contribution in [0, 0.1) is 6.92 Å². The van der Waals surface area contributed by atoms with E-state index in [-0.39, 0.29) is 5.91 Å². The maximum atomic E-state index is 13.2. The first-order valence-corrected chi connectivity index (χ1v) is 9.78. The Morgan fingerprint density at radius 1 is 0.929 bits per heavy atom. The van der Waals surface area contributed by atoms with Gasteiger partial charge in [-0.2, -0.15) is 0 Å². The van der Waals surface area contributed by atoms with E-state index in [2.05, 4.69) is 36.1 Å². The first-order valence-electron chi connectivity index (χ1n) is 9.78. The van der Waals surface area contributed by atoms with Gasteiger partial charge >= 0.3 is 0 Å². The molecule has 1 heterocycles. The Hall–Kier alpha value is -2.85. The molecular weight excluding hydrogens is 348 g/mol. The normalized spacial score (nSPS) is 15.0. The summed E-state index contributed by atoms with van der Waals surface area (Å²) in [5, 5.41) is 2.14. The Balaban J connectivity index is 1.47. The van der Waals surface area contributed by atoms with Crippen molar-refractivity contribution in [2.45, 2.75) is 13.5 Å². The highest BCUT2D eigenvalue weighted by Crippen LogP contribution is 2.27. The van der Waals surface area contributed by atoms with Crippen LogP contribution in [0.5, 0.6) is 5.75 Å². The lowest BCUT2D eigenvalue weighted by Gasteiger charge is -2.35. The van der Waals surface area contributed by atoms with Crippen LogP contribution in [-0.2, 0) is 6.54 Å². The number of hydrogen-bond acceptors (Lipinski definition) is 3. The highest BCUT2D eigenvalue weighted by Gasteiger charge is 2.24. The number of nitrogens with zero attached hydrogens (tertiary/aromatic N) is 2. The number of benzene rings is 3. The molecule has 28 heavy (non-hydrogen) atoms. The lowest BCUT2D eigenvalue weighted by molar-refractivity contribution is 0.0625. The van der Waals surface area contributed by atoms with Crippen LogP contribution in [-0.4, -0.2) is 49.0 Å². The maximum Gasteiger partial charge on any atom is 0.257 e. The molecule has 4 nitrogen and oxygen atoms in total. The first-order chi connectivity index (χ1) is 13.7. The van der Waals surface area contributed by atoms with E-state index >= 15 is 0 Å². The van der Waals surface area contributed by atoms with Crippen molar-refractivity contribution in [1.82, 2.24) is 9.80 Å². The van der Waals surface area contributed by atoms with Gasteiger partial charge in [0.2, 0.25) is 0 Å². The SMILES string of the molecule is COc1cc2ccccc2cc1C(=O)N1CCN(Cc2ccccc2C)CC1. The molecule has 0 radical (unpaired) electrons. The van der Waals surface area contributed by atoms with Crippen molar-refractivity contribution in [3.63, 3.8) is 0 Å². The number of aryl methyl sites for hydroxylation is 1. The number of rotatable bonds is 4. The third kappa shape index (κ3) is 3.73. The van der Waals surface area contributed by atoms with Crippen molar-refractivity contribution in [3.05, 3.63) is 77.4 Å². The van der Waals surface area contributed by atoms with Gasteiger partial charge in [-0.15, -0.1) is 0 Å². The molecule has 0 aromatic heterocycles. The summed E-state index contributed by atoms with van der Waals surface area (Å²) in [5.74, 6) is 0.698. The van der Waals surface area contributed by atoms with Crippen LogP contribution < -0.4 is 4.74 Å². The first kappa shape index (κ1) is 18.5. The summed E-state index contributed by atoms with van der Waals surface area (Å²) in [6, 6.07) is 20.5. The molecule has 1 amide bonds. The van der Waals surface area contributed by atoms with Gasteiger partial charge in [0.25, 0.3) is 5.91 Å². The van der Waals surface area contributed by atoms with Crippen molar-refractivity contribution < 1.29 is 9.53 Å². The minimum atomic E-state index is 0.0538. The van der Waals surface area contributed by atoms with Crippen LogP contribution in [0.15, 0.2) is 60.7 Å². The second-order valence-corrected chi connectivity index (χ2v) is 7.39. The van der Waals surface area contributed by atoms with E-state index in [4.69, 9.17) is 4.74 Å². The van der Waals surface area contributed by atoms with Gasteiger partial charge in [-0.1, -0.05) is 48.5 Å². The van der Waals surface area contributed by atoms with Gasteiger partial charge in [-0.05, 0) is 41.0 Å². The number of amides is 1. The van der Waals surface area contributed by atoms with Crippen molar-refractivity contribution in [2.24, 2.45) is 0 Å². The van der Waals surface area contributed by atoms with Gasteiger partial charge in [0.1, 0.15) is 5.75 Å². The molecule has 3 aromatic rings. The fourth-order valence-corrected chi connectivity index (χ4v) is 3.86. The van der Waals surface area contributed by atoms with Gasteiger partial charge in [-0.3, -0.25) is 9.69 Å². The zero-order valence-corrected chi connectivity index (χ0v) is 16.5. The number of piperazine rings is 1. The Bertz CT molecular complexity index is 991. The third-order valence-electron chi connectivity index (χ3n) is 5.61. The van der Waals surface area contributed by atoms with Crippen molar-refractivity contribution in [2.75, 3.05) is 33.3 Å². The number of fused-ring (bicyclic) bond motifs is 1. The standard InChI is InChI=1S/C24H26N2O2/c1-18-7-3-4-10-21(18)17-25-11-13-26(14-12-25)24(27)22-15-19-8-5-6-9-20(19)16-23(22)28-2/h3-10,15-16H,11-14,17H2,1-2H3. The zero-order chi connectivity index (χ0) is 19.5. The van der Waals surface area contributed by atoms with Gasteiger partial charge in [0.05, 0.1) is 12.7 Å². The average molecular weight is 374 g/mol. The largest absolute Gasteiger partial charge is 0.496 e. The van der Waals surface area contributed by atoms with Gasteiger partial charge < -0.3 is 9.64 Å². The maximum absolute atomic E-state index is 13.2. The summed E-state index contributed by atoms with van der Waals surface area (Å²) in [6.07, 6.45) is 0. The van der Waals surface area contributed by atoms with Gasteiger partial charge in [0.15, 0.2) is 0 Å². The van der Waals surface area contributed by atoms with Crippen LogP contribution in [0.2, 0.25) is 0 Å². The molecule has 144 valence electrons. The van der Waals surface area contributed by atoms with E-state index in [1.54, 1.807) is 7.11 Å². The molecule has 3 aromatic carbocycles. The summed E-state index contributed by atoms with van der Waals surface area (Å²) in [7, 11) is 1.63. The summed E-state index contributed by atoms with van der Waals surface area (Å²) < 4.78 is 5.52. The fraction of sp³-hybridized carbons (Fsp3) is 0.292. The molecule has 4 rings (SSSR count). The summed E-state index contributed by atoms with van der Waals surface area (Å²) in [5.41, 5.74) is 3.33. The molecule has 4 heteroatoms. The zero-order valence-electron chi connectivity index (χ0n) is 16.5. The van der Waals surface area contributed by atoms with E-state index < -0.39 is 0 Å². The molecular formula is C24H26N2O2. The van der Waals surface area contributed by atoms with Gasteiger partial charge in [-0.25, -0.2) is 0 Å². The van der Waals surface area contributed by atoms with Crippen molar-refractivity contribution in [1.29, 1.82) is 0 Å². The number of carbonyl (C=O) groups is 1. The molecule has 0 N–H and O–H groups in total. The molecule has 0 spiro atoms. The monoisotopic (exact) mass is 374 g/mol. The Kier molecular flexibility index (Phi) is 5.31. The second kappa shape index (κ2) is 8.03. The molecule has 1 saturated heterocycles. The van der Waals surface area contributed by atoms with Crippen LogP contribution in [0.3, 0.4) is 0 Å². The van der Waals surface area contributed by atoms with Gasteiger partial charge in [0, 0.05) is 32.7 Å². The molecule has 1 fully saturated rings.